The molecule has 2 rings (SSSR count). The Hall–Kier alpha value is -0.880. The van der Waals surface area contributed by atoms with Gasteiger partial charge in [-0.1, -0.05) is 0 Å². The van der Waals surface area contributed by atoms with Crippen molar-refractivity contribution in [1.29, 1.82) is 0 Å². The summed E-state index contributed by atoms with van der Waals surface area (Å²) in [6.45, 7) is 0. The molecule has 2 aromatic rings. The first kappa shape index (κ1) is 11.6. The Balaban J connectivity index is 1.95. The average molecular weight is 342 g/mol. The quantitative estimate of drug-likeness (QED) is 0.626. The summed E-state index contributed by atoms with van der Waals surface area (Å²) in [5.41, 5.74) is 0. The van der Waals surface area contributed by atoms with E-state index in [0.717, 1.165) is 8.85 Å². The maximum atomic E-state index is 5.61. The molecule has 0 saturated heterocycles. The number of hydrogen-bond acceptors (Lipinski definition) is 2. The van der Waals surface area contributed by atoms with Gasteiger partial charge in [0.1, 0.15) is 0 Å². The fourth-order valence-electron chi connectivity index (χ4n) is 1.19. The SMILES string of the molecule is S=C(Oc1ccccc1)[Te]c1ccccc1. The van der Waals surface area contributed by atoms with E-state index in [0.29, 0.717) is 0 Å². The molecular weight excluding hydrogens is 332 g/mol. The molecule has 0 aromatic heterocycles. The van der Waals surface area contributed by atoms with Crippen LogP contribution in [0.2, 0.25) is 0 Å². The molecule has 1 nitrogen and oxygen atoms in total. The summed E-state index contributed by atoms with van der Waals surface area (Å²) < 4.78 is 7.63. The number of thiocarbonyl (C=S) groups is 1. The van der Waals surface area contributed by atoms with E-state index in [-0.39, 0.29) is 0 Å². The third kappa shape index (κ3) is 3.61. The topological polar surface area (TPSA) is 9.23 Å². The van der Waals surface area contributed by atoms with Crippen LogP contribution < -0.4 is 8.35 Å². The second-order valence-electron chi connectivity index (χ2n) is 3.08. The normalized spacial score (nSPS) is 9.75. The minimum absolute atomic E-state index is 0.539. The standard InChI is InChI=1S/C13H10OSTe/c15-13(14-11-7-3-1-4-8-11)16-12-9-5-2-6-10-12/h1-10H. The van der Waals surface area contributed by atoms with Gasteiger partial charge in [0.15, 0.2) is 0 Å². The number of benzene rings is 2. The molecule has 0 N–H and O–H groups in total. The van der Waals surface area contributed by atoms with E-state index >= 15 is 0 Å². The predicted molar refractivity (Wildman–Crippen MR) is 71.5 cm³/mol. The van der Waals surface area contributed by atoms with Crippen molar-refractivity contribution in [2.24, 2.45) is 0 Å². The van der Waals surface area contributed by atoms with E-state index in [4.69, 9.17) is 17.0 Å². The molecule has 0 spiro atoms. The third-order valence-electron chi connectivity index (χ3n) is 1.89. The fraction of sp³-hybridized carbons (Fsp3) is 0. The molecule has 0 radical (unpaired) electrons. The van der Waals surface area contributed by atoms with E-state index in [9.17, 15) is 0 Å². The number of rotatable bonds is 3. The van der Waals surface area contributed by atoms with Gasteiger partial charge in [-0.15, -0.1) is 0 Å². The summed E-state index contributed by atoms with van der Waals surface area (Å²) in [6.07, 6.45) is 0. The number of para-hydroxylation sites is 1. The zero-order valence-electron chi connectivity index (χ0n) is 8.50. The molecule has 0 saturated carbocycles. The van der Waals surface area contributed by atoms with Crippen LogP contribution in [0.25, 0.3) is 0 Å². The van der Waals surface area contributed by atoms with Crippen molar-refractivity contribution in [2.45, 2.75) is 0 Å². The molecule has 0 unspecified atom stereocenters. The summed E-state index contributed by atoms with van der Waals surface area (Å²) in [5.74, 6) is 0.827. The van der Waals surface area contributed by atoms with Crippen LogP contribution in [-0.2, 0) is 0 Å². The van der Waals surface area contributed by atoms with Gasteiger partial charge in [-0.05, 0) is 0 Å². The van der Waals surface area contributed by atoms with Gasteiger partial charge in [-0.25, -0.2) is 0 Å². The van der Waals surface area contributed by atoms with Crippen molar-refractivity contribution in [1.82, 2.24) is 0 Å². The van der Waals surface area contributed by atoms with Crippen LogP contribution in [0.1, 0.15) is 0 Å². The molecule has 0 fully saturated rings. The first-order valence-electron chi connectivity index (χ1n) is 4.84. The van der Waals surface area contributed by atoms with E-state index in [1.165, 1.54) is 3.61 Å². The van der Waals surface area contributed by atoms with Gasteiger partial charge in [0.05, 0.1) is 0 Å². The second-order valence-corrected chi connectivity index (χ2v) is 7.24. The molecule has 0 aliphatic rings. The van der Waals surface area contributed by atoms with Crippen molar-refractivity contribution in [2.75, 3.05) is 0 Å². The van der Waals surface area contributed by atoms with Gasteiger partial charge >= 0.3 is 111 Å². The monoisotopic (exact) mass is 344 g/mol. The van der Waals surface area contributed by atoms with Crippen molar-refractivity contribution < 1.29 is 4.74 Å². The summed E-state index contributed by atoms with van der Waals surface area (Å²) in [4.78, 5) is 0. The van der Waals surface area contributed by atoms with Crippen LogP contribution in [0.3, 0.4) is 0 Å². The first-order chi connectivity index (χ1) is 7.84. The zero-order chi connectivity index (χ0) is 11.2. The minimum atomic E-state index is -0.539. The van der Waals surface area contributed by atoms with Crippen LogP contribution in [-0.4, -0.2) is 24.0 Å². The van der Waals surface area contributed by atoms with Crippen LogP contribution in [0.5, 0.6) is 5.75 Å². The predicted octanol–water partition coefficient (Wildman–Crippen LogP) is 2.38. The van der Waals surface area contributed by atoms with Gasteiger partial charge in [0.25, 0.3) is 0 Å². The number of hydrogen-bond donors (Lipinski definition) is 0. The Morgan fingerprint density at radius 3 is 2.06 bits per heavy atom. The van der Waals surface area contributed by atoms with E-state index < -0.39 is 20.9 Å². The summed E-state index contributed by atoms with van der Waals surface area (Å²) in [5, 5.41) is 0. The van der Waals surface area contributed by atoms with Crippen molar-refractivity contribution in [3.8, 4) is 5.75 Å². The van der Waals surface area contributed by atoms with Gasteiger partial charge in [0.2, 0.25) is 0 Å². The van der Waals surface area contributed by atoms with E-state index in [1.54, 1.807) is 0 Å². The Morgan fingerprint density at radius 2 is 1.44 bits per heavy atom. The van der Waals surface area contributed by atoms with E-state index in [2.05, 4.69) is 12.1 Å². The van der Waals surface area contributed by atoms with Crippen molar-refractivity contribution in [3.05, 3.63) is 60.7 Å². The van der Waals surface area contributed by atoms with Gasteiger partial charge in [-0.2, -0.15) is 0 Å². The first-order valence-corrected chi connectivity index (χ1v) is 7.58. The zero-order valence-corrected chi connectivity index (χ0v) is 11.6. The molecule has 3 heteroatoms. The molecular formula is C13H10OSTe. The fourth-order valence-corrected chi connectivity index (χ4v) is 3.71. The van der Waals surface area contributed by atoms with Crippen molar-refractivity contribution >= 4 is 39.9 Å². The molecule has 0 atom stereocenters. The van der Waals surface area contributed by atoms with Gasteiger partial charge in [0, 0.05) is 0 Å². The molecule has 2 aromatic carbocycles. The van der Waals surface area contributed by atoms with Crippen LogP contribution in [0.4, 0.5) is 0 Å². The van der Waals surface area contributed by atoms with Crippen LogP contribution in [0, 0.1) is 0 Å². The summed E-state index contributed by atoms with van der Waals surface area (Å²) in [7, 11) is 0. The van der Waals surface area contributed by atoms with Gasteiger partial charge in [-0.3, -0.25) is 0 Å². The Labute approximate surface area is 111 Å². The molecule has 0 aliphatic heterocycles. The Morgan fingerprint density at radius 1 is 0.875 bits per heavy atom. The number of ether oxygens (including phenoxy) is 1. The molecule has 16 heavy (non-hydrogen) atoms. The van der Waals surface area contributed by atoms with E-state index in [1.807, 2.05) is 48.5 Å². The molecule has 0 aliphatic carbocycles. The van der Waals surface area contributed by atoms with Crippen molar-refractivity contribution in [3.63, 3.8) is 0 Å². The maximum absolute atomic E-state index is 5.61. The van der Waals surface area contributed by atoms with Crippen LogP contribution >= 0.6 is 12.2 Å². The van der Waals surface area contributed by atoms with Crippen LogP contribution in [0.15, 0.2) is 60.7 Å². The average Bonchev–Trinajstić information content (AvgIpc) is 2.31. The summed E-state index contributed by atoms with van der Waals surface area (Å²) in [6, 6.07) is 20.0. The molecule has 0 heterocycles. The Kier molecular flexibility index (Phi) is 4.35. The molecule has 0 amide bonds. The second kappa shape index (κ2) is 6.00. The van der Waals surface area contributed by atoms with Gasteiger partial charge < -0.3 is 0 Å². The third-order valence-corrected chi connectivity index (χ3v) is 4.69. The molecule has 80 valence electrons. The Bertz CT molecular complexity index is 412. The molecule has 0 bridgehead atoms. The summed E-state index contributed by atoms with van der Waals surface area (Å²) >= 11 is 4.71.